The smallest absolute Gasteiger partial charge is 0.0792 e. The molecule has 1 N–H and O–H groups in total. The standard InChI is InChI=1S/C17H25N3/c1-4-11-20(13-14-7-8-14)15-9-10-17(19-12-15)16(5-2)18-6-3/h1,9-10,12,14,16,18H,5-8,11,13H2,2-3H3. The normalized spacial score (nSPS) is 15.7. The molecular formula is C17H25N3. The lowest BCUT2D eigenvalue weighted by atomic mass is 10.1. The van der Waals surface area contributed by atoms with E-state index >= 15 is 0 Å². The number of hydrogen-bond donors (Lipinski definition) is 1. The lowest BCUT2D eigenvalue weighted by Crippen LogP contribution is -2.26. The van der Waals surface area contributed by atoms with Gasteiger partial charge in [-0.3, -0.25) is 4.98 Å². The van der Waals surface area contributed by atoms with Crippen molar-refractivity contribution in [3.8, 4) is 12.3 Å². The number of anilines is 1. The van der Waals surface area contributed by atoms with Crippen molar-refractivity contribution in [3.63, 3.8) is 0 Å². The van der Waals surface area contributed by atoms with Crippen LogP contribution in [-0.4, -0.2) is 24.6 Å². The maximum atomic E-state index is 5.48. The summed E-state index contributed by atoms with van der Waals surface area (Å²) in [6.07, 6.45) is 11.2. The molecular weight excluding hydrogens is 246 g/mol. The molecule has 1 heterocycles. The Balaban J connectivity index is 2.06. The highest BCUT2D eigenvalue weighted by Gasteiger charge is 2.24. The third-order valence-corrected chi connectivity index (χ3v) is 3.81. The van der Waals surface area contributed by atoms with E-state index in [1.54, 1.807) is 0 Å². The fourth-order valence-corrected chi connectivity index (χ4v) is 2.48. The average molecular weight is 271 g/mol. The van der Waals surface area contributed by atoms with Crippen molar-refractivity contribution < 1.29 is 0 Å². The van der Waals surface area contributed by atoms with Crippen LogP contribution in [0.1, 0.15) is 44.8 Å². The largest absolute Gasteiger partial charge is 0.359 e. The first-order valence-corrected chi connectivity index (χ1v) is 7.66. The molecule has 2 rings (SSSR count). The fraction of sp³-hybridized carbons (Fsp3) is 0.588. The summed E-state index contributed by atoms with van der Waals surface area (Å²) in [7, 11) is 0. The molecule has 0 saturated heterocycles. The Labute approximate surface area is 122 Å². The molecule has 1 saturated carbocycles. The quantitative estimate of drug-likeness (QED) is 0.737. The summed E-state index contributed by atoms with van der Waals surface area (Å²) >= 11 is 0. The van der Waals surface area contributed by atoms with E-state index in [1.807, 2.05) is 6.20 Å². The summed E-state index contributed by atoms with van der Waals surface area (Å²) in [5.74, 6) is 3.58. The Bertz CT molecular complexity index is 442. The zero-order valence-corrected chi connectivity index (χ0v) is 12.6. The van der Waals surface area contributed by atoms with Crippen molar-refractivity contribution in [3.05, 3.63) is 24.0 Å². The molecule has 3 nitrogen and oxygen atoms in total. The molecule has 1 aromatic rings. The Morgan fingerprint density at radius 1 is 1.45 bits per heavy atom. The molecule has 1 aliphatic rings. The van der Waals surface area contributed by atoms with Gasteiger partial charge in [-0.05, 0) is 43.9 Å². The van der Waals surface area contributed by atoms with Crippen LogP contribution in [0.5, 0.6) is 0 Å². The number of rotatable bonds is 8. The van der Waals surface area contributed by atoms with Crippen LogP contribution >= 0.6 is 0 Å². The lowest BCUT2D eigenvalue weighted by molar-refractivity contribution is 0.524. The molecule has 0 bridgehead atoms. The number of nitrogens with zero attached hydrogens (tertiary/aromatic N) is 2. The van der Waals surface area contributed by atoms with Gasteiger partial charge in [-0.15, -0.1) is 6.42 Å². The van der Waals surface area contributed by atoms with E-state index in [0.717, 1.165) is 36.8 Å². The maximum absolute atomic E-state index is 5.48. The first-order valence-electron chi connectivity index (χ1n) is 7.66. The minimum Gasteiger partial charge on any atom is -0.359 e. The Morgan fingerprint density at radius 2 is 2.25 bits per heavy atom. The van der Waals surface area contributed by atoms with Gasteiger partial charge in [0, 0.05) is 12.6 Å². The Hall–Kier alpha value is -1.53. The summed E-state index contributed by atoms with van der Waals surface area (Å²) in [6.45, 7) is 7.01. The first kappa shape index (κ1) is 14.9. The summed E-state index contributed by atoms with van der Waals surface area (Å²) < 4.78 is 0. The van der Waals surface area contributed by atoms with Gasteiger partial charge < -0.3 is 10.2 Å². The molecule has 1 atom stereocenters. The second kappa shape index (κ2) is 7.31. The van der Waals surface area contributed by atoms with Crippen molar-refractivity contribution in [2.75, 3.05) is 24.5 Å². The molecule has 3 heteroatoms. The molecule has 1 aromatic heterocycles. The van der Waals surface area contributed by atoms with Gasteiger partial charge in [0.15, 0.2) is 0 Å². The minimum absolute atomic E-state index is 0.346. The number of nitrogens with one attached hydrogen (secondary N) is 1. The second-order valence-corrected chi connectivity index (χ2v) is 5.49. The lowest BCUT2D eigenvalue weighted by Gasteiger charge is -2.23. The van der Waals surface area contributed by atoms with Crippen molar-refractivity contribution >= 4 is 5.69 Å². The Morgan fingerprint density at radius 3 is 2.75 bits per heavy atom. The molecule has 0 amide bonds. The van der Waals surface area contributed by atoms with Crippen LogP contribution in [-0.2, 0) is 0 Å². The topological polar surface area (TPSA) is 28.2 Å². The van der Waals surface area contributed by atoms with Crippen LogP contribution < -0.4 is 10.2 Å². The van der Waals surface area contributed by atoms with Crippen molar-refractivity contribution in [1.29, 1.82) is 0 Å². The second-order valence-electron chi connectivity index (χ2n) is 5.49. The number of aromatic nitrogens is 1. The molecule has 1 aliphatic carbocycles. The van der Waals surface area contributed by atoms with E-state index in [2.05, 4.69) is 47.1 Å². The van der Waals surface area contributed by atoms with E-state index in [0.29, 0.717) is 12.6 Å². The molecule has 20 heavy (non-hydrogen) atoms. The number of pyridine rings is 1. The van der Waals surface area contributed by atoms with Crippen LogP contribution in [0, 0.1) is 18.3 Å². The molecule has 1 unspecified atom stereocenters. The fourth-order valence-electron chi connectivity index (χ4n) is 2.48. The highest BCUT2D eigenvalue weighted by atomic mass is 15.1. The summed E-state index contributed by atoms with van der Waals surface area (Å²) in [5, 5.41) is 3.46. The molecule has 1 fully saturated rings. The van der Waals surface area contributed by atoms with E-state index in [-0.39, 0.29) is 0 Å². The zero-order valence-electron chi connectivity index (χ0n) is 12.6. The van der Waals surface area contributed by atoms with E-state index in [9.17, 15) is 0 Å². The third-order valence-electron chi connectivity index (χ3n) is 3.81. The molecule has 0 aliphatic heterocycles. The van der Waals surface area contributed by atoms with Crippen LogP contribution in [0.15, 0.2) is 18.3 Å². The molecule has 108 valence electrons. The van der Waals surface area contributed by atoms with Gasteiger partial charge in [0.05, 0.1) is 24.1 Å². The predicted molar refractivity (Wildman–Crippen MR) is 84.7 cm³/mol. The van der Waals surface area contributed by atoms with Crippen LogP contribution in [0.4, 0.5) is 5.69 Å². The SMILES string of the molecule is C#CCN(CC1CC1)c1ccc(C(CC)NCC)nc1. The van der Waals surface area contributed by atoms with Gasteiger partial charge in [-0.2, -0.15) is 0 Å². The zero-order chi connectivity index (χ0) is 14.4. The van der Waals surface area contributed by atoms with Gasteiger partial charge >= 0.3 is 0 Å². The highest BCUT2D eigenvalue weighted by Crippen LogP contribution is 2.31. The van der Waals surface area contributed by atoms with E-state index in [1.165, 1.54) is 12.8 Å². The highest BCUT2D eigenvalue weighted by molar-refractivity contribution is 5.46. The first-order chi connectivity index (χ1) is 9.78. The van der Waals surface area contributed by atoms with Crippen LogP contribution in [0.25, 0.3) is 0 Å². The average Bonchev–Trinajstić information content (AvgIpc) is 3.29. The van der Waals surface area contributed by atoms with Crippen molar-refractivity contribution in [2.24, 2.45) is 5.92 Å². The van der Waals surface area contributed by atoms with Gasteiger partial charge in [0.1, 0.15) is 0 Å². The predicted octanol–water partition coefficient (Wildman–Crippen LogP) is 2.99. The van der Waals surface area contributed by atoms with Crippen molar-refractivity contribution in [2.45, 2.75) is 39.2 Å². The van der Waals surface area contributed by atoms with E-state index in [4.69, 9.17) is 6.42 Å². The number of hydrogen-bond acceptors (Lipinski definition) is 3. The minimum atomic E-state index is 0.346. The van der Waals surface area contributed by atoms with Gasteiger partial charge in [-0.25, -0.2) is 0 Å². The van der Waals surface area contributed by atoms with Gasteiger partial charge in [0.2, 0.25) is 0 Å². The van der Waals surface area contributed by atoms with Crippen LogP contribution in [0.2, 0.25) is 0 Å². The monoisotopic (exact) mass is 271 g/mol. The maximum Gasteiger partial charge on any atom is 0.0792 e. The van der Waals surface area contributed by atoms with Gasteiger partial charge in [0.25, 0.3) is 0 Å². The molecule has 0 aromatic carbocycles. The van der Waals surface area contributed by atoms with Gasteiger partial charge in [-0.1, -0.05) is 19.8 Å². The Kier molecular flexibility index (Phi) is 5.43. The van der Waals surface area contributed by atoms with Crippen LogP contribution in [0.3, 0.4) is 0 Å². The number of terminal acetylenes is 1. The van der Waals surface area contributed by atoms with E-state index < -0.39 is 0 Å². The molecule has 0 spiro atoms. The summed E-state index contributed by atoms with van der Waals surface area (Å²) in [5.41, 5.74) is 2.26. The third kappa shape index (κ3) is 3.98. The van der Waals surface area contributed by atoms with Crippen molar-refractivity contribution in [1.82, 2.24) is 10.3 Å². The summed E-state index contributed by atoms with van der Waals surface area (Å²) in [6, 6.07) is 4.63. The molecule has 0 radical (unpaired) electrons. The summed E-state index contributed by atoms with van der Waals surface area (Å²) in [4.78, 5) is 6.89.